The molecular weight excluding hydrogens is 442 g/mol. The predicted molar refractivity (Wildman–Crippen MR) is 139 cm³/mol. The van der Waals surface area contributed by atoms with E-state index in [0.717, 1.165) is 28.0 Å². The number of fused-ring (bicyclic) bond motifs is 1. The third-order valence-corrected chi connectivity index (χ3v) is 6.03. The minimum Gasteiger partial charge on any atom is -0.248 e. The number of aromatic nitrogens is 1. The second-order valence-corrected chi connectivity index (χ2v) is 8.33. The van der Waals surface area contributed by atoms with Crippen molar-refractivity contribution < 1.29 is 13.2 Å². The van der Waals surface area contributed by atoms with Crippen LogP contribution in [0.3, 0.4) is 0 Å². The molecule has 0 aliphatic heterocycles. The number of alkyl halides is 3. The van der Waals surface area contributed by atoms with E-state index in [1.54, 1.807) is 24.3 Å². The molecule has 0 spiro atoms. The molecule has 0 unspecified atom stereocenters. The van der Waals surface area contributed by atoms with Gasteiger partial charge < -0.3 is 0 Å². The lowest BCUT2D eigenvalue weighted by Crippen LogP contribution is -2.43. The first kappa shape index (κ1) is 22.7. The molecule has 0 saturated heterocycles. The van der Waals surface area contributed by atoms with Gasteiger partial charge in [-0.2, -0.15) is 13.2 Å². The van der Waals surface area contributed by atoms with Crippen molar-refractivity contribution in [2.75, 3.05) is 0 Å². The fourth-order valence-electron chi connectivity index (χ4n) is 4.47. The number of halogens is 3. The van der Waals surface area contributed by atoms with Gasteiger partial charge in [0.05, 0.1) is 16.8 Å². The summed E-state index contributed by atoms with van der Waals surface area (Å²) in [5.74, 6) is 0. The highest BCUT2D eigenvalue weighted by Gasteiger charge is 2.33. The van der Waals surface area contributed by atoms with E-state index in [2.05, 4.69) is 4.98 Å². The summed E-state index contributed by atoms with van der Waals surface area (Å²) in [4.78, 5) is 4.61. The van der Waals surface area contributed by atoms with Crippen LogP contribution in [0.25, 0.3) is 22.5 Å². The quantitative estimate of drug-likeness (QED) is 0.266. The summed E-state index contributed by atoms with van der Waals surface area (Å²) >= 11 is 0. The van der Waals surface area contributed by atoms with Gasteiger partial charge in [-0.15, -0.1) is 0 Å². The maximum Gasteiger partial charge on any atom is 0.417 e. The van der Waals surface area contributed by atoms with Crippen molar-refractivity contribution in [3.8, 4) is 0 Å². The summed E-state index contributed by atoms with van der Waals surface area (Å²) in [6.07, 6.45) is -2.70. The van der Waals surface area contributed by atoms with Crippen molar-refractivity contribution >= 4 is 40.1 Å². The van der Waals surface area contributed by atoms with Gasteiger partial charge in [0, 0.05) is 5.39 Å². The molecule has 0 saturated carbocycles. The zero-order valence-corrected chi connectivity index (χ0v) is 18.8. The molecule has 170 valence electrons. The van der Waals surface area contributed by atoms with Crippen LogP contribution in [0.15, 0.2) is 121 Å². The third kappa shape index (κ3) is 4.90. The van der Waals surface area contributed by atoms with Crippen molar-refractivity contribution in [1.29, 1.82) is 0 Å². The lowest BCUT2D eigenvalue weighted by atomic mass is 9.35. The Hall–Kier alpha value is -4.12. The van der Waals surface area contributed by atoms with Gasteiger partial charge in [0.15, 0.2) is 0 Å². The molecule has 0 radical (unpaired) electrons. The number of pyridine rings is 1. The number of rotatable bonds is 5. The molecule has 0 aliphatic rings. The number of benzene rings is 4. The summed E-state index contributed by atoms with van der Waals surface area (Å²) in [7, 11) is 0. The largest absolute Gasteiger partial charge is 0.417 e. The Morgan fingerprint density at radius 3 is 1.74 bits per heavy atom. The maximum atomic E-state index is 14.0. The molecule has 1 aromatic heterocycles. The summed E-state index contributed by atoms with van der Waals surface area (Å²) < 4.78 is 42.0. The zero-order chi connectivity index (χ0) is 24.3. The van der Waals surface area contributed by atoms with Crippen LogP contribution in [-0.4, -0.2) is 11.7 Å². The van der Waals surface area contributed by atoms with Crippen molar-refractivity contribution in [1.82, 2.24) is 4.98 Å². The normalized spacial score (nSPS) is 12.0. The highest BCUT2D eigenvalue weighted by molar-refractivity contribution is 7.00. The van der Waals surface area contributed by atoms with E-state index in [1.165, 1.54) is 6.07 Å². The van der Waals surface area contributed by atoms with Gasteiger partial charge in [-0.05, 0) is 23.8 Å². The van der Waals surface area contributed by atoms with Gasteiger partial charge in [0.2, 0.25) is 6.71 Å². The lowest BCUT2D eigenvalue weighted by Gasteiger charge is -2.20. The van der Waals surface area contributed by atoms with Gasteiger partial charge in [-0.3, -0.25) is 0 Å². The second kappa shape index (κ2) is 9.63. The summed E-state index contributed by atoms with van der Waals surface area (Å²) in [6, 6.07) is 37.3. The SMILES string of the molecule is FC(F)(F)c1cc(/C=C(\B(c2ccccc2)c2ccccc2)c2ccccc2)nc2ccccc12. The van der Waals surface area contributed by atoms with Crippen molar-refractivity contribution in [2.24, 2.45) is 0 Å². The average molecular weight is 463 g/mol. The monoisotopic (exact) mass is 463 g/mol. The molecule has 0 atom stereocenters. The summed E-state index contributed by atoms with van der Waals surface area (Å²) in [6.45, 7) is -0.192. The number of hydrogen-bond donors (Lipinski definition) is 0. The second-order valence-electron chi connectivity index (χ2n) is 8.33. The molecule has 1 nitrogen and oxygen atoms in total. The third-order valence-electron chi connectivity index (χ3n) is 6.03. The molecule has 5 aromatic rings. The van der Waals surface area contributed by atoms with E-state index in [9.17, 15) is 13.2 Å². The number of para-hydroxylation sites is 1. The van der Waals surface area contributed by atoms with Gasteiger partial charge >= 0.3 is 6.18 Å². The number of nitrogens with zero attached hydrogens (tertiary/aromatic N) is 1. The van der Waals surface area contributed by atoms with Crippen molar-refractivity contribution in [3.63, 3.8) is 0 Å². The van der Waals surface area contributed by atoms with Crippen LogP contribution in [0.2, 0.25) is 0 Å². The van der Waals surface area contributed by atoms with Gasteiger partial charge in [0.25, 0.3) is 0 Å². The van der Waals surface area contributed by atoms with Crippen LogP contribution in [-0.2, 0) is 6.18 Å². The van der Waals surface area contributed by atoms with E-state index in [1.807, 2.05) is 91.0 Å². The Balaban J connectivity index is 1.78. The summed E-state index contributed by atoms with van der Waals surface area (Å²) in [5, 5.41) is 0.0982. The highest BCUT2D eigenvalue weighted by atomic mass is 19.4. The van der Waals surface area contributed by atoms with E-state index >= 15 is 0 Å². The fourth-order valence-corrected chi connectivity index (χ4v) is 4.47. The minimum absolute atomic E-state index is 0.0982. The molecule has 0 amide bonds. The van der Waals surface area contributed by atoms with Crippen LogP contribution < -0.4 is 10.9 Å². The Labute approximate surface area is 202 Å². The van der Waals surface area contributed by atoms with Crippen LogP contribution in [0, 0.1) is 0 Å². The van der Waals surface area contributed by atoms with E-state index in [4.69, 9.17) is 0 Å². The predicted octanol–water partition coefficient (Wildman–Crippen LogP) is 6.64. The molecule has 35 heavy (non-hydrogen) atoms. The van der Waals surface area contributed by atoms with E-state index < -0.39 is 11.7 Å². The van der Waals surface area contributed by atoms with Crippen molar-refractivity contribution in [3.05, 3.63) is 138 Å². The molecule has 0 bridgehead atoms. The molecule has 0 aliphatic carbocycles. The molecule has 0 N–H and O–H groups in total. The van der Waals surface area contributed by atoms with Crippen LogP contribution in [0.1, 0.15) is 16.8 Å². The molecule has 5 rings (SSSR count). The Morgan fingerprint density at radius 2 is 1.17 bits per heavy atom. The molecule has 5 heteroatoms. The first-order valence-corrected chi connectivity index (χ1v) is 11.3. The topological polar surface area (TPSA) is 12.9 Å². The van der Waals surface area contributed by atoms with Crippen LogP contribution in [0.5, 0.6) is 0 Å². The smallest absolute Gasteiger partial charge is 0.248 e. The molecule has 0 fully saturated rings. The first-order chi connectivity index (χ1) is 17.0. The maximum absolute atomic E-state index is 14.0. The van der Waals surface area contributed by atoms with Gasteiger partial charge in [0.1, 0.15) is 0 Å². The zero-order valence-electron chi connectivity index (χ0n) is 18.8. The highest BCUT2D eigenvalue weighted by Crippen LogP contribution is 2.35. The van der Waals surface area contributed by atoms with Crippen LogP contribution in [0.4, 0.5) is 13.2 Å². The average Bonchev–Trinajstić information content (AvgIpc) is 2.89. The Morgan fingerprint density at radius 1 is 0.657 bits per heavy atom. The fraction of sp³-hybridized carbons (Fsp3) is 0.0333. The van der Waals surface area contributed by atoms with E-state index in [-0.39, 0.29) is 17.8 Å². The summed E-state index contributed by atoms with van der Waals surface area (Å²) in [5.41, 5.74) is 3.80. The minimum atomic E-state index is -4.49. The van der Waals surface area contributed by atoms with Gasteiger partial charge in [-0.25, -0.2) is 4.98 Å². The van der Waals surface area contributed by atoms with Crippen LogP contribution >= 0.6 is 0 Å². The Kier molecular flexibility index (Phi) is 6.24. The lowest BCUT2D eigenvalue weighted by molar-refractivity contribution is -0.136. The Bertz CT molecular complexity index is 1420. The van der Waals surface area contributed by atoms with E-state index in [0.29, 0.717) is 5.52 Å². The molecule has 4 aromatic carbocycles. The first-order valence-electron chi connectivity index (χ1n) is 11.3. The van der Waals surface area contributed by atoms with Gasteiger partial charge in [-0.1, -0.05) is 126 Å². The molecular formula is C30H21BF3N. The standard InChI is InChI=1S/C30H21BF3N/c32-30(33,34)27-20-25(35-29-19-11-10-18-26(27)29)21-28(22-12-4-1-5-13-22)31(23-14-6-2-7-15-23)24-16-8-3-9-17-24/h1-21H/b28-21-. The molecule has 1 heterocycles. The van der Waals surface area contributed by atoms with Crippen molar-refractivity contribution in [2.45, 2.75) is 6.18 Å². The number of hydrogen-bond acceptors (Lipinski definition) is 1.